The van der Waals surface area contributed by atoms with E-state index in [1.165, 1.54) is 6.26 Å². The molecule has 3 aromatic rings. The summed E-state index contributed by atoms with van der Waals surface area (Å²) in [5.41, 5.74) is 0.558. The molecule has 1 atom stereocenters. The van der Waals surface area contributed by atoms with E-state index >= 15 is 0 Å². The molecule has 2 aromatic carbocycles. The van der Waals surface area contributed by atoms with Gasteiger partial charge < -0.3 is 20.4 Å². The fourth-order valence-electron chi connectivity index (χ4n) is 3.07. The number of amides is 3. The van der Waals surface area contributed by atoms with E-state index in [2.05, 4.69) is 16.0 Å². The molecule has 3 N–H and O–H groups in total. The Morgan fingerprint density at radius 1 is 0.909 bits per heavy atom. The van der Waals surface area contributed by atoms with Gasteiger partial charge in [-0.15, -0.1) is 0 Å². The normalized spacial score (nSPS) is 11.7. The Labute approximate surface area is 189 Å². The van der Waals surface area contributed by atoms with Crippen LogP contribution in [-0.2, 0) is 11.3 Å². The maximum Gasteiger partial charge on any atom is 0.291 e. The first-order valence-corrected chi connectivity index (χ1v) is 10.2. The molecule has 0 fully saturated rings. The largest absolute Gasteiger partial charge is 0.459 e. The minimum absolute atomic E-state index is 0.151. The summed E-state index contributed by atoms with van der Waals surface area (Å²) in [4.78, 5) is 37.0. The van der Waals surface area contributed by atoms with E-state index in [9.17, 15) is 23.2 Å². The Morgan fingerprint density at radius 2 is 1.58 bits per heavy atom. The third-order valence-electron chi connectivity index (χ3n) is 4.85. The smallest absolute Gasteiger partial charge is 0.291 e. The van der Waals surface area contributed by atoms with Gasteiger partial charge in [-0.05, 0) is 47.9 Å². The number of anilines is 1. The number of hydrogen-bond acceptors (Lipinski definition) is 4. The van der Waals surface area contributed by atoms with Crippen molar-refractivity contribution < 1.29 is 27.6 Å². The van der Waals surface area contributed by atoms with Gasteiger partial charge in [0.25, 0.3) is 11.8 Å². The van der Waals surface area contributed by atoms with Gasteiger partial charge in [0.15, 0.2) is 5.76 Å². The van der Waals surface area contributed by atoms with Crippen LogP contribution in [0.2, 0.25) is 0 Å². The molecule has 0 aliphatic rings. The Kier molecular flexibility index (Phi) is 7.55. The highest BCUT2D eigenvalue weighted by Crippen LogP contribution is 2.14. The lowest BCUT2D eigenvalue weighted by Gasteiger charge is -2.22. The molecule has 1 heterocycles. The lowest BCUT2D eigenvalue weighted by atomic mass is 10.0. The van der Waals surface area contributed by atoms with Gasteiger partial charge in [-0.25, -0.2) is 8.78 Å². The van der Waals surface area contributed by atoms with E-state index in [1.807, 2.05) is 0 Å². The number of carbonyl (C=O) groups is 3. The minimum atomic E-state index is -1.00. The van der Waals surface area contributed by atoms with Gasteiger partial charge >= 0.3 is 0 Å². The fourth-order valence-corrected chi connectivity index (χ4v) is 3.07. The number of halogens is 2. The second-order valence-electron chi connectivity index (χ2n) is 7.64. The van der Waals surface area contributed by atoms with Crippen LogP contribution in [0.15, 0.2) is 65.3 Å². The molecule has 0 bridgehead atoms. The second kappa shape index (κ2) is 10.5. The van der Waals surface area contributed by atoms with Crippen LogP contribution in [0.5, 0.6) is 0 Å². The van der Waals surface area contributed by atoms with Crippen molar-refractivity contribution in [1.29, 1.82) is 0 Å². The van der Waals surface area contributed by atoms with E-state index in [1.54, 1.807) is 50.2 Å². The standard InChI is InChI=1S/C24H23F2N3O4/c1-14(2)21(29-23(31)20-17(25)5-3-6-18(20)26)24(32)27-13-15-8-10-16(11-9-15)28-22(30)19-7-4-12-33-19/h3-12,14,21H,13H2,1-2H3,(H,27,32)(H,28,30)(H,29,31)/t21-/m0/s1. The van der Waals surface area contributed by atoms with Crippen molar-refractivity contribution in [3.05, 3.63) is 89.4 Å². The highest BCUT2D eigenvalue weighted by Gasteiger charge is 2.27. The van der Waals surface area contributed by atoms with Gasteiger partial charge in [0, 0.05) is 12.2 Å². The summed E-state index contributed by atoms with van der Waals surface area (Å²) in [5.74, 6) is -4.04. The molecule has 0 radical (unpaired) electrons. The molecule has 172 valence electrons. The van der Waals surface area contributed by atoms with Crippen molar-refractivity contribution in [3.63, 3.8) is 0 Å². The third-order valence-corrected chi connectivity index (χ3v) is 4.85. The lowest BCUT2D eigenvalue weighted by Crippen LogP contribution is -2.49. The molecule has 0 saturated carbocycles. The average Bonchev–Trinajstić information content (AvgIpc) is 3.31. The van der Waals surface area contributed by atoms with Gasteiger partial charge in [-0.3, -0.25) is 14.4 Å². The van der Waals surface area contributed by atoms with E-state index in [4.69, 9.17) is 4.42 Å². The number of benzene rings is 2. The number of hydrogen-bond donors (Lipinski definition) is 3. The monoisotopic (exact) mass is 455 g/mol. The van der Waals surface area contributed by atoms with Crippen LogP contribution in [-0.4, -0.2) is 23.8 Å². The highest BCUT2D eigenvalue weighted by molar-refractivity contribution is 6.02. The van der Waals surface area contributed by atoms with Crippen molar-refractivity contribution >= 4 is 23.4 Å². The summed E-state index contributed by atoms with van der Waals surface area (Å²) in [6.45, 7) is 3.57. The van der Waals surface area contributed by atoms with Crippen molar-refractivity contribution in [2.75, 3.05) is 5.32 Å². The molecule has 0 aliphatic carbocycles. The van der Waals surface area contributed by atoms with Crippen molar-refractivity contribution in [2.45, 2.75) is 26.4 Å². The number of nitrogens with one attached hydrogen (secondary N) is 3. The molecule has 0 unspecified atom stereocenters. The molecule has 9 heteroatoms. The molecule has 7 nitrogen and oxygen atoms in total. The van der Waals surface area contributed by atoms with E-state index in [0.29, 0.717) is 5.69 Å². The first kappa shape index (κ1) is 23.6. The van der Waals surface area contributed by atoms with Crippen LogP contribution in [0.4, 0.5) is 14.5 Å². The fraction of sp³-hybridized carbons (Fsp3) is 0.208. The zero-order valence-corrected chi connectivity index (χ0v) is 18.0. The van der Waals surface area contributed by atoms with E-state index < -0.39 is 35.1 Å². The van der Waals surface area contributed by atoms with Gasteiger partial charge in [0.1, 0.15) is 23.2 Å². The van der Waals surface area contributed by atoms with Crippen LogP contribution in [0, 0.1) is 17.6 Å². The summed E-state index contributed by atoms with van der Waals surface area (Å²) in [6, 6.07) is 12.0. The molecule has 0 saturated heterocycles. The van der Waals surface area contributed by atoms with Gasteiger partial charge in [-0.2, -0.15) is 0 Å². The SMILES string of the molecule is CC(C)[C@H](NC(=O)c1c(F)cccc1F)C(=O)NCc1ccc(NC(=O)c2ccco2)cc1. The zero-order chi connectivity index (χ0) is 24.0. The maximum atomic E-state index is 13.9. The topological polar surface area (TPSA) is 100 Å². The summed E-state index contributed by atoms with van der Waals surface area (Å²) >= 11 is 0. The van der Waals surface area contributed by atoms with Crippen molar-refractivity contribution in [2.24, 2.45) is 5.92 Å². The average molecular weight is 455 g/mol. The van der Waals surface area contributed by atoms with Gasteiger partial charge in [0.05, 0.1) is 6.26 Å². The quantitative estimate of drug-likeness (QED) is 0.480. The predicted octanol–water partition coefficient (Wildman–Crippen LogP) is 3.88. The molecule has 1 aromatic heterocycles. The second-order valence-corrected chi connectivity index (χ2v) is 7.64. The Balaban J connectivity index is 1.58. The molecule has 3 amide bonds. The number of carbonyl (C=O) groups excluding carboxylic acids is 3. The zero-order valence-electron chi connectivity index (χ0n) is 18.0. The van der Waals surface area contributed by atoms with Crippen LogP contribution in [0.25, 0.3) is 0 Å². The summed E-state index contributed by atoms with van der Waals surface area (Å²) in [6.07, 6.45) is 1.40. The minimum Gasteiger partial charge on any atom is -0.459 e. The van der Waals surface area contributed by atoms with E-state index in [-0.39, 0.29) is 24.1 Å². The van der Waals surface area contributed by atoms with Crippen LogP contribution < -0.4 is 16.0 Å². The van der Waals surface area contributed by atoms with E-state index in [0.717, 1.165) is 23.8 Å². The highest BCUT2D eigenvalue weighted by atomic mass is 19.1. The van der Waals surface area contributed by atoms with Crippen molar-refractivity contribution in [1.82, 2.24) is 10.6 Å². The molecule has 3 rings (SSSR count). The van der Waals surface area contributed by atoms with Crippen LogP contribution >= 0.6 is 0 Å². The molecule has 33 heavy (non-hydrogen) atoms. The Morgan fingerprint density at radius 3 is 2.15 bits per heavy atom. The predicted molar refractivity (Wildman–Crippen MR) is 117 cm³/mol. The maximum absolute atomic E-state index is 13.9. The molecule has 0 spiro atoms. The molecule has 0 aliphatic heterocycles. The van der Waals surface area contributed by atoms with Crippen molar-refractivity contribution in [3.8, 4) is 0 Å². The Hall–Kier alpha value is -4.01. The lowest BCUT2D eigenvalue weighted by molar-refractivity contribution is -0.124. The van der Waals surface area contributed by atoms with Crippen LogP contribution in [0.3, 0.4) is 0 Å². The first-order valence-electron chi connectivity index (χ1n) is 10.2. The molecular formula is C24H23F2N3O4. The van der Waals surface area contributed by atoms with Crippen LogP contribution in [0.1, 0.15) is 40.3 Å². The summed E-state index contributed by atoms with van der Waals surface area (Å²) in [5, 5.41) is 7.80. The van der Waals surface area contributed by atoms with Gasteiger partial charge in [0.2, 0.25) is 5.91 Å². The van der Waals surface area contributed by atoms with Gasteiger partial charge in [-0.1, -0.05) is 32.0 Å². The number of furan rings is 1. The first-order chi connectivity index (χ1) is 15.8. The third kappa shape index (κ3) is 6.03. The molecular weight excluding hydrogens is 432 g/mol. The Bertz CT molecular complexity index is 1110. The number of rotatable bonds is 8. The summed E-state index contributed by atoms with van der Waals surface area (Å²) < 4.78 is 32.8. The summed E-state index contributed by atoms with van der Waals surface area (Å²) in [7, 11) is 0.